The average molecular weight is 311 g/mol. The molecular formula is C17H33N3O2. The van der Waals surface area contributed by atoms with Gasteiger partial charge < -0.3 is 19.9 Å². The SMILES string of the molecule is CC(C)(C)OC(=O)N1CCC(NCCN2CCCCCC2)C1. The molecule has 1 N–H and O–H groups in total. The molecule has 1 amide bonds. The molecule has 128 valence electrons. The van der Waals surface area contributed by atoms with Gasteiger partial charge in [-0.25, -0.2) is 4.79 Å². The maximum Gasteiger partial charge on any atom is 0.410 e. The highest BCUT2D eigenvalue weighted by Crippen LogP contribution is 2.15. The Morgan fingerprint density at radius 2 is 1.82 bits per heavy atom. The van der Waals surface area contributed by atoms with Gasteiger partial charge in [-0.05, 0) is 53.1 Å². The van der Waals surface area contributed by atoms with E-state index in [1.54, 1.807) is 0 Å². The van der Waals surface area contributed by atoms with E-state index in [1.807, 2.05) is 25.7 Å². The van der Waals surface area contributed by atoms with E-state index in [-0.39, 0.29) is 6.09 Å². The normalized spacial score (nSPS) is 24.3. The van der Waals surface area contributed by atoms with Crippen molar-refractivity contribution in [3.8, 4) is 0 Å². The fourth-order valence-corrected chi connectivity index (χ4v) is 3.21. The van der Waals surface area contributed by atoms with Gasteiger partial charge in [-0.15, -0.1) is 0 Å². The summed E-state index contributed by atoms with van der Waals surface area (Å²) in [5.74, 6) is 0. The minimum atomic E-state index is -0.407. The van der Waals surface area contributed by atoms with Crippen LogP contribution in [0, 0.1) is 0 Å². The van der Waals surface area contributed by atoms with Gasteiger partial charge in [0.15, 0.2) is 0 Å². The average Bonchev–Trinajstić information content (AvgIpc) is 2.74. The molecule has 0 aromatic carbocycles. The molecule has 2 rings (SSSR count). The van der Waals surface area contributed by atoms with Gasteiger partial charge in [-0.1, -0.05) is 12.8 Å². The predicted octanol–water partition coefficient (Wildman–Crippen LogP) is 2.46. The smallest absolute Gasteiger partial charge is 0.410 e. The Bertz CT molecular complexity index is 346. The molecule has 2 heterocycles. The van der Waals surface area contributed by atoms with Crippen LogP contribution in [0.3, 0.4) is 0 Å². The number of carbonyl (C=O) groups is 1. The van der Waals surface area contributed by atoms with Crippen LogP contribution in [0.4, 0.5) is 4.79 Å². The minimum Gasteiger partial charge on any atom is -0.444 e. The Balaban J connectivity index is 1.62. The van der Waals surface area contributed by atoms with E-state index in [0.29, 0.717) is 6.04 Å². The lowest BCUT2D eigenvalue weighted by Crippen LogP contribution is -2.41. The van der Waals surface area contributed by atoms with Crippen molar-refractivity contribution in [1.29, 1.82) is 0 Å². The summed E-state index contributed by atoms with van der Waals surface area (Å²) in [6.45, 7) is 12.0. The first kappa shape index (κ1) is 17.5. The molecule has 2 aliphatic heterocycles. The van der Waals surface area contributed by atoms with Gasteiger partial charge in [0.2, 0.25) is 0 Å². The van der Waals surface area contributed by atoms with Crippen LogP contribution in [-0.2, 0) is 4.74 Å². The Hall–Kier alpha value is -0.810. The summed E-state index contributed by atoms with van der Waals surface area (Å²) in [6, 6.07) is 0.416. The van der Waals surface area contributed by atoms with E-state index in [4.69, 9.17) is 4.74 Å². The zero-order valence-electron chi connectivity index (χ0n) is 14.6. The van der Waals surface area contributed by atoms with Crippen LogP contribution in [0.25, 0.3) is 0 Å². The van der Waals surface area contributed by atoms with Gasteiger partial charge in [0, 0.05) is 32.2 Å². The molecule has 22 heavy (non-hydrogen) atoms. The maximum absolute atomic E-state index is 12.0. The molecule has 2 fully saturated rings. The summed E-state index contributed by atoms with van der Waals surface area (Å²) in [7, 11) is 0. The number of carbonyl (C=O) groups excluding carboxylic acids is 1. The second kappa shape index (κ2) is 8.16. The van der Waals surface area contributed by atoms with Crippen molar-refractivity contribution in [3.63, 3.8) is 0 Å². The standard InChI is InChI=1S/C17H33N3O2/c1-17(2,3)22-16(21)20-12-8-15(14-20)18-9-13-19-10-6-4-5-7-11-19/h15,18H,4-14H2,1-3H3. The highest BCUT2D eigenvalue weighted by Gasteiger charge is 2.29. The fraction of sp³-hybridized carbons (Fsp3) is 0.941. The molecule has 1 atom stereocenters. The van der Waals surface area contributed by atoms with Crippen molar-refractivity contribution in [2.24, 2.45) is 0 Å². The van der Waals surface area contributed by atoms with Crippen molar-refractivity contribution in [1.82, 2.24) is 15.1 Å². The molecule has 2 aliphatic rings. The summed E-state index contributed by atoms with van der Waals surface area (Å²) < 4.78 is 5.43. The number of hydrogen-bond acceptors (Lipinski definition) is 4. The van der Waals surface area contributed by atoms with Crippen LogP contribution in [-0.4, -0.2) is 66.8 Å². The van der Waals surface area contributed by atoms with Gasteiger partial charge in [0.1, 0.15) is 5.60 Å². The van der Waals surface area contributed by atoms with Gasteiger partial charge in [0.05, 0.1) is 0 Å². The van der Waals surface area contributed by atoms with Gasteiger partial charge in [-0.2, -0.15) is 0 Å². The number of amides is 1. The highest BCUT2D eigenvalue weighted by molar-refractivity contribution is 5.68. The van der Waals surface area contributed by atoms with Crippen LogP contribution >= 0.6 is 0 Å². The van der Waals surface area contributed by atoms with Crippen molar-refractivity contribution in [2.45, 2.75) is 64.5 Å². The topological polar surface area (TPSA) is 44.8 Å². The number of ether oxygens (including phenoxy) is 1. The van der Waals surface area contributed by atoms with E-state index in [9.17, 15) is 4.79 Å². The molecule has 0 aliphatic carbocycles. The number of hydrogen-bond donors (Lipinski definition) is 1. The second-order valence-electron chi connectivity index (χ2n) is 7.62. The first-order valence-corrected chi connectivity index (χ1v) is 8.88. The van der Waals surface area contributed by atoms with Crippen LogP contribution in [0.1, 0.15) is 52.9 Å². The minimum absolute atomic E-state index is 0.177. The third kappa shape index (κ3) is 6.13. The van der Waals surface area contributed by atoms with Crippen LogP contribution in [0.2, 0.25) is 0 Å². The van der Waals surface area contributed by atoms with E-state index in [0.717, 1.165) is 32.6 Å². The first-order chi connectivity index (χ1) is 10.4. The van der Waals surface area contributed by atoms with Crippen molar-refractivity contribution in [2.75, 3.05) is 39.3 Å². The molecule has 0 saturated carbocycles. The monoisotopic (exact) mass is 311 g/mol. The molecule has 0 bridgehead atoms. The molecule has 1 unspecified atom stereocenters. The van der Waals surface area contributed by atoms with Gasteiger partial charge in [0.25, 0.3) is 0 Å². The molecule has 5 heteroatoms. The third-order valence-electron chi connectivity index (χ3n) is 4.40. The van der Waals surface area contributed by atoms with Crippen LogP contribution in [0.15, 0.2) is 0 Å². The second-order valence-corrected chi connectivity index (χ2v) is 7.62. The summed E-state index contributed by atoms with van der Waals surface area (Å²) in [5, 5.41) is 3.61. The Labute approximate surface area is 135 Å². The number of rotatable bonds is 4. The summed E-state index contributed by atoms with van der Waals surface area (Å²) in [5.41, 5.74) is -0.407. The highest BCUT2D eigenvalue weighted by atomic mass is 16.6. The fourth-order valence-electron chi connectivity index (χ4n) is 3.21. The Morgan fingerprint density at radius 3 is 2.45 bits per heavy atom. The van der Waals surface area contributed by atoms with Crippen molar-refractivity contribution < 1.29 is 9.53 Å². The number of nitrogens with zero attached hydrogens (tertiary/aromatic N) is 2. The number of likely N-dealkylation sites (tertiary alicyclic amines) is 2. The zero-order chi connectivity index (χ0) is 16.0. The summed E-state index contributed by atoms with van der Waals surface area (Å²) in [6.07, 6.45) is 6.31. The Morgan fingerprint density at radius 1 is 1.14 bits per heavy atom. The third-order valence-corrected chi connectivity index (χ3v) is 4.40. The zero-order valence-corrected chi connectivity index (χ0v) is 14.6. The van der Waals surface area contributed by atoms with E-state index >= 15 is 0 Å². The molecular weight excluding hydrogens is 278 g/mol. The van der Waals surface area contributed by atoms with Gasteiger partial charge in [-0.3, -0.25) is 0 Å². The molecule has 0 aromatic rings. The number of nitrogens with one attached hydrogen (secondary N) is 1. The molecule has 0 spiro atoms. The molecule has 0 radical (unpaired) electrons. The predicted molar refractivity (Wildman–Crippen MR) is 89.1 cm³/mol. The summed E-state index contributed by atoms with van der Waals surface area (Å²) >= 11 is 0. The first-order valence-electron chi connectivity index (χ1n) is 8.88. The van der Waals surface area contributed by atoms with Crippen LogP contribution < -0.4 is 5.32 Å². The lowest BCUT2D eigenvalue weighted by Gasteiger charge is -2.25. The van der Waals surface area contributed by atoms with Crippen molar-refractivity contribution in [3.05, 3.63) is 0 Å². The van der Waals surface area contributed by atoms with Crippen LogP contribution in [0.5, 0.6) is 0 Å². The van der Waals surface area contributed by atoms with E-state index in [1.165, 1.54) is 38.8 Å². The van der Waals surface area contributed by atoms with Gasteiger partial charge >= 0.3 is 6.09 Å². The largest absolute Gasteiger partial charge is 0.444 e. The summed E-state index contributed by atoms with van der Waals surface area (Å²) in [4.78, 5) is 16.4. The van der Waals surface area contributed by atoms with E-state index < -0.39 is 5.60 Å². The molecule has 5 nitrogen and oxygen atoms in total. The molecule has 2 saturated heterocycles. The quantitative estimate of drug-likeness (QED) is 0.866. The van der Waals surface area contributed by atoms with Crippen molar-refractivity contribution >= 4 is 6.09 Å². The lowest BCUT2D eigenvalue weighted by molar-refractivity contribution is 0.0291. The lowest BCUT2D eigenvalue weighted by atomic mass is 10.2. The Kier molecular flexibility index (Phi) is 6.50. The molecule has 0 aromatic heterocycles. The van der Waals surface area contributed by atoms with E-state index in [2.05, 4.69) is 10.2 Å². The maximum atomic E-state index is 12.0.